The number of alkyl halides is 3. The van der Waals surface area contributed by atoms with Crippen LogP contribution >= 0.6 is 11.3 Å². The van der Waals surface area contributed by atoms with Gasteiger partial charge in [-0.1, -0.05) is 26.0 Å². The van der Waals surface area contributed by atoms with E-state index in [-0.39, 0.29) is 38.7 Å². The molecule has 0 spiro atoms. The largest absolute Gasteiger partial charge is 0.486 e. The lowest BCUT2D eigenvalue weighted by Gasteiger charge is -2.12. The van der Waals surface area contributed by atoms with Gasteiger partial charge in [0.2, 0.25) is 0 Å². The normalized spacial score (nSPS) is 11.8. The molecule has 2 amide bonds. The van der Waals surface area contributed by atoms with Gasteiger partial charge in [-0.3, -0.25) is 14.3 Å². The Morgan fingerprint density at radius 2 is 1.86 bits per heavy atom. The zero-order valence-electron chi connectivity index (χ0n) is 23.7. The number of thiophene rings is 1. The Morgan fingerprint density at radius 1 is 1.14 bits per heavy atom. The first kappa shape index (κ1) is 29.8. The molecule has 0 aliphatic heterocycles. The summed E-state index contributed by atoms with van der Waals surface area (Å²) in [5.41, 5.74) is 6.65. The first-order valence-electron chi connectivity index (χ1n) is 13.4. The molecule has 0 bridgehead atoms. The van der Waals surface area contributed by atoms with E-state index >= 15 is 0 Å². The Kier molecular flexibility index (Phi) is 8.02. The van der Waals surface area contributed by atoms with Gasteiger partial charge in [0.25, 0.3) is 11.8 Å². The average Bonchev–Trinajstić information content (AvgIpc) is 3.68. The highest BCUT2D eigenvalue weighted by Gasteiger charge is 2.35. The fourth-order valence-electron chi connectivity index (χ4n) is 4.63. The van der Waals surface area contributed by atoms with Gasteiger partial charge in [0.15, 0.2) is 5.76 Å². The first-order valence-corrected chi connectivity index (χ1v) is 14.2. The van der Waals surface area contributed by atoms with E-state index in [4.69, 9.17) is 14.9 Å². The second-order valence-corrected chi connectivity index (χ2v) is 11.1. The number of hydrogen-bond acceptors (Lipinski definition) is 7. The summed E-state index contributed by atoms with van der Waals surface area (Å²) in [6.45, 7) is 8.29. The van der Waals surface area contributed by atoms with Crippen LogP contribution in [0.15, 0.2) is 53.1 Å². The van der Waals surface area contributed by atoms with Gasteiger partial charge in [0.1, 0.15) is 33.5 Å². The zero-order chi connectivity index (χ0) is 31.1. The molecule has 5 aromatic rings. The molecule has 0 unspecified atom stereocenters. The van der Waals surface area contributed by atoms with Crippen molar-refractivity contribution in [1.82, 2.24) is 14.8 Å². The molecule has 224 valence electrons. The van der Waals surface area contributed by atoms with Gasteiger partial charge >= 0.3 is 6.18 Å². The maximum absolute atomic E-state index is 13.8. The minimum atomic E-state index is -4.76. The predicted molar refractivity (Wildman–Crippen MR) is 156 cm³/mol. The van der Waals surface area contributed by atoms with Crippen molar-refractivity contribution in [3.05, 3.63) is 82.0 Å². The van der Waals surface area contributed by atoms with Crippen molar-refractivity contribution in [2.24, 2.45) is 5.73 Å². The Bertz CT molecular complexity index is 1820. The van der Waals surface area contributed by atoms with Crippen LogP contribution in [0.5, 0.6) is 5.75 Å². The third-order valence-corrected chi connectivity index (χ3v) is 8.02. The molecule has 1 aromatic carbocycles. The number of carbonyl (C=O) groups excluding carboxylic acids is 2. The zero-order valence-corrected chi connectivity index (χ0v) is 24.5. The van der Waals surface area contributed by atoms with Crippen LogP contribution < -0.4 is 15.8 Å². The minimum absolute atomic E-state index is 0.0528. The van der Waals surface area contributed by atoms with Crippen LogP contribution in [0.4, 0.5) is 18.9 Å². The van der Waals surface area contributed by atoms with Crippen molar-refractivity contribution in [3.63, 3.8) is 0 Å². The van der Waals surface area contributed by atoms with Gasteiger partial charge in [-0.25, -0.2) is 4.98 Å². The average molecular weight is 612 g/mol. The predicted octanol–water partition coefficient (Wildman–Crippen LogP) is 7.15. The van der Waals surface area contributed by atoms with Crippen molar-refractivity contribution < 1.29 is 31.9 Å². The topological polar surface area (TPSA) is 125 Å². The van der Waals surface area contributed by atoms with Gasteiger partial charge in [-0.05, 0) is 61.2 Å². The van der Waals surface area contributed by atoms with Crippen molar-refractivity contribution >= 4 is 39.1 Å². The van der Waals surface area contributed by atoms with E-state index in [1.807, 2.05) is 31.2 Å². The highest BCUT2D eigenvalue weighted by Crippen LogP contribution is 2.44. The number of amides is 2. The molecule has 0 aliphatic carbocycles. The van der Waals surface area contributed by atoms with E-state index in [0.29, 0.717) is 46.6 Å². The van der Waals surface area contributed by atoms with Crippen LogP contribution in [0.2, 0.25) is 0 Å². The van der Waals surface area contributed by atoms with E-state index in [9.17, 15) is 22.8 Å². The molecule has 0 radical (unpaired) electrons. The number of halogens is 3. The summed E-state index contributed by atoms with van der Waals surface area (Å²) in [6, 6.07) is 11.5. The third-order valence-electron chi connectivity index (χ3n) is 6.92. The smallest absolute Gasteiger partial charge is 0.433 e. The van der Waals surface area contributed by atoms with Crippen LogP contribution in [0, 0.1) is 6.92 Å². The lowest BCUT2D eigenvalue weighted by Crippen LogP contribution is -2.16. The molecule has 43 heavy (non-hydrogen) atoms. The lowest BCUT2D eigenvalue weighted by molar-refractivity contribution is -0.140. The number of pyridine rings is 1. The molecule has 0 fully saturated rings. The summed E-state index contributed by atoms with van der Waals surface area (Å²) < 4.78 is 54.6. The molecule has 4 aromatic heterocycles. The van der Waals surface area contributed by atoms with E-state index < -0.39 is 23.7 Å². The Balaban J connectivity index is 1.49. The number of aromatic nitrogens is 3. The second kappa shape index (κ2) is 11.6. The Morgan fingerprint density at radius 3 is 2.47 bits per heavy atom. The summed E-state index contributed by atoms with van der Waals surface area (Å²) in [4.78, 5) is 29.2. The number of nitrogens with one attached hydrogen (secondary N) is 1. The number of primary amides is 1. The van der Waals surface area contributed by atoms with E-state index in [0.717, 1.165) is 6.07 Å². The number of furan rings is 1. The SMILES string of the molecule is CCn1ncc(-c2cc(C(F)(F)F)nc3sc(C(N)=O)c(NC(=O)c4ccc(COc5ccc(C(C)C)cc5)o4)c23)c1C. The number of anilines is 1. The minimum Gasteiger partial charge on any atom is -0.486 e. The number of aryl methyl sites for hydroxylation is 1. The summed E-state index contributed by atoms with van der Waals surface area (Å²) in [6.07, 6.45) is -3.32. The standard InChI is InChI=1S/C30H28F3N5O4S/c1-5-38-16(4)21(13-35-38)20-12-23(30(31,32)33)36-29-24(20)25(26(43-29)27(34)39)37-28(40)22-11-10-19(42-22)14-41-18-8-6-17(7-9-18)15(2)3/h6-13,15H,5,14H2,1-4H3,(H2,34,39)(H,37,40). The molecule has 0 saturated carbocycles. The molecule has 4 heterocycles. The molecule has 0 saturated heterocycles. The molecule has 5 rings (SSSR count). The van der Waals surface area contributed by atoms with Crippen molar-refractivity contribution in [2.75, 3.05) is 5.32 Å². The van der Waals surface area contributed by atoms with E-state index in [1.165, 1.54) is 17.8 Å². The molecule has 13 heteroatoms. The van der Waals surface area contributed by atoms with Crippen LogP contribution in [0.3, 0.4) is 0 Å². The molecule has 0 atom stereocenters. The van der Waals surface area contributed by atoms with Crippen LogP contribution in [0.1, 0.15) is 69.6 Å². The van der Waals surface area contributed by atoms with Crippen LogP contribution in [-0.2, 0) is 19.3 Å². The van der Waals surface area contributed by atoms with Gasteiger partial charge in [-0.2, -0.15) is 18.3 Å². The third kappa shape index (κ3) is 5.98. The number of fused-ring (bicyclic) bond motifs is 1. The van der Waals surface area contributed by atoms with Crippen molar-refractivity contribution in [1.29, 1.82) is 0 Å². The highest BCUT2D eigenvalue weighted by atomic mass is 32.1. The molecular formula is C30H28F3N5O4S. The first-order chi connectivity index (χ1) is 20.4. The summed E-state index contributed by atoms with van der Waals surface area (Å²) in [7, 11) is 0. The maximum Gasteiger partial charge on any atom is 0.433 e. The Hall–Kier alpha value is -4.65. The number of hydrogen-bond donors (Lipinski definition) is 2. The number of nitrogens with zero attached hydrogens (tertiary/aromatic N) is 3. The monoisotopic (exact) mass is 611 g/mol. The number of nitrogens with two attached hydrogens (primary N) is 1. The number of rotatable bonds is 9. The van der Waals surface area contributed by atoms with Crippen molar-refractivity contribution in [2.45, 2.75) is 52.9 Å². The molecular weight excluding hydrogens is 583 g/mol. The van der Waals surface area contributed by atoms with Gasteiger partial charge in [0.05, 0.1) is 11.9 Å². The lowest BCUT2D eigenvalue weighted by atomic mass is 10.0. The van der Waals surface area contributed by atoms with Crippen molar-refractivity contribution in [3.8, 4) is 16.9 Å². The highest BCUT2D eigenvalue weighted by molar-refractivity contribution is 7.21. The van der Waals surface area contributed by atoms with Crippen LogP contribution in [-0.4, -0.2) is 26.6 Å². The fourth-order valence-corrected chi connectivity index (χ4v) is 5.64. The van der Waals surface area contributed by atoms with Gasteiger partial charge in [-0.15, -0.1) is 11.3 Å². The maximum atomic E-state index is 13.8. The number of benzene rings is 1. The molecule has 9 nitrogen and oxygen atoms in total. The summed E-state index contributed by atoms with van der Waals surface area (Å²) in [5.74, 6) is -0.393. The summed E-state index contributed by atoms with van der Waals surface area (Å²) in [5, 5.41) is 7.03. The van der Waals surface area contributed by atoms with E-state index in [2.05, 4.69) is 29.2 Å². The van der Waals surface area contributed by atoms with E-state index in [1.54, 1.807) is 17.7 Å². The quantitative estimate of drug-likeness (QED) is 0.182. The molecule has 3 N–H and O–H groups in total. The van der Waals surface area contributed by atoms with Gasteiger partial charge < -0.3 is 20.2 Å². The summed E-state index contributed by atoms with van der Waals surface area (Å²) >= 11 is 0.662. The number of carbonyl (C=O) groups is 2. The van der Waals surface area contributed by atoms with Crippen LogP contribution in [0.25, 0.3) is 21.3 Å². The Labute approximate surface area is 248 Å². The van der Waals surface area contributed by atoms with Gasteiger partial charge in [0, 0.05) is 23.2 Å². The fraction of sp³-hybridized carbons (Fsp3) is 0.267. The molecule has 0 aliphatic rings. The number of ether oxygens (including phenoxy) is 1. The second-order valence-electron chi connectivity index (χ2n) is 10.1.